The SMILES string of the molecule is CCC(CC)(CCl)NC(=O)c1ccc(Br)cc1F. The second kappa shape index (κ2) is 6.53. The van der Waals surface area contributed by atoms with E-state index in [-0.39, 0.29) is 5.56 Å². The Hall–Kier alpha value is -0.610. The number of amides is 1. The number of alkyl halides is 1. The average Bonchev–Trinajstić information content (AvgIpc) is 2.36. The Morgan fingerprint density at radius 3 is 2.50 bits per heavy atom. The van der Waals surface area contributed by atoms with E-state index in [4.69, 9.17) is 11.6 Å². The summed E-state index contributed by atoms with van der Waals surface area (Å²) in [5, 5.41) is 2.83. The van der Waals surface area contributed by atoms with Gasteiger partial charge in [-0.1, -0.05) is 29.8 Å². The number of nitrogens with one attached hydrogen (secondary N) is 1. The van der Waals surface area contributed by atoms with E-state index in [9.17, 15) is 9.18 Å². The van der Waals surface area contributed by atoms with Gasteiger partial charge in [-0.05, 0) is 31.0 Å². The van der Waals surface area contributed by atoms with Crippen LogP contribution in [0.3, 0.4) is 0 Å². The molecular formula is C13H16BrClFNO. The fraction of sp³-hybridized carbons (Fsp3) is 0.462. The van der Waals surface area contributed by atoms with Gasteiger partial charge in [0, 0.05) is 10.4 Å². The standard InChI is InChI=1S/C13H16BrClFNO/c1-3-13(4-2,8-15)17-12(18)10-6-5-9(14)7-11(10)16/h5-7H,3-4,8H2,1-2H3,(H,17,18). The minimum absolute atomic E-state index is 0.0367. The maximum Gasteiger partial charge on any atom is 0.254 e. The van der Waals surface area contributed by atoms with E-state index in [1.807, 2.05) is 13.8 Å². The van der Waals surface area contributed by atoms with Crippen molar-refractivity contribution in [2.45, 2.75) is 32.2 Å². The van der Waals surface area contributed by atoms with Crippen LogP contribution in [-0.2, 0) is 0 Å². The van der Waals surface area contributed by atoms with Crippen LogP contribution in [0.2, 0.25) is 0 Å². The fourth-order valence-electron chi connectivity index (χ4n) is 1.63. The van der Waals surface area contributed by atoms with Gasteiger partial charge in [0.05, 0.1) is 11.1 Å². The molecule has 0 spiro atoms. The van der Waals surface area contributed by atoms with Gasteiger partial charge in [0.15, 0.2) is 0 Å². The lowest BCUT2D eigenvalue weighted by atomic mass is 9.94. The van der Waals surface area contributed by atoms with Crippen molar-refractivity contribution in [3.8, 4) is 0 Å². The zero-order valence-electron chi connectivity index (χ0n) is 10.4. The van der Waals surface area contributed by atoms with Crippen molar-refractivity contribution in [2.24, 2.45) is 0 Å². The molecule has 100 valence electrons. The quantitative estimate of drug-likeness (QED) is 0.805. The lowest BCUT2D eigenvalue weighted by molar-refractivity contribution is 0.0898. The van der Waals surface area contributed by atoms with Crippen LogP contribution in [0.15, 0.2) is 22.7 Å². The van der Waals surface area contributed by atoms with Crippen molar-refractivity contribution in [2.75, 3.05) is 5.88 Å². The summed E-state index contributed by atoms with van der Waals surface area (Å²) in [6.07, 6.45) is 1.41. The molecule has 5 heteroatoms. The molecule has 1 N–H and O–H groups in total. The fourth-order valence-corrected chi connectivity index (χ4v) is 2.41. The van der Waals surface area contributed by atoms with Gasteiger partial charge in [0.25, 0.3) is 5.91 Å². The molecule has 0 saturated heterocycles. The molecule has 1 amide bonds. The summed E-state index contributed by atoms with van der Waals surface area (Å²) in [7, 11) is 0. The molecule has 0 saturated carbocycles. The van der Waals surface area contributed by atoms with Crippen molar-refractivity contribution in [1.29, 1.82) is 0 Å². The summed E-state index contributed by atoms with van der Waals surface area (Å²) in [5.41, 5.74) is -0.437. The van der Waals surface area contributed by atoms with Crippen molar-refractivity contribution < 1.29 is 9.18 Å². The van der Waals surface area contributed by atoms with Crippen LogP contribution < -0.4 is 5.32 Å². The van der Waals surface area contributed by atoms with Crippen LogP contribution in [0.5, 0.6) is 0 Å². The third-order valence-electron chi connectivity index (χ3n) is 3.16. The lowest BCUT2D eigenvalue weighted by Gasteiger charge is -2.30. The van der Waals surface area contributed by atoms with Gasteiger partial charge in [-0.25, -0.2) is 4.39 Å². The summed E-state index contributed by atoms with van der Waals surface area (Å²) in [4.78, 5) is 12.0. The molecule has 18 heavy (non-hydrogen) atoms. The minimum Gasteiger partial charge on any atom is -0.345 e. The second-order valence-corrected chi connectivity index (χ2v) is 5.38. The molecule has 0 aromatic heterocycles. The highest BCUT2D eigenvalue weighted by Crippen LogP contribution is 2.20. The van der Waals surface area contributed by atoms with E-state index in [0.717, 1.165) is 0 Å². The number of rotatable bonds is 5. The molecule has 0 bridgehead atoms. The molecule has 0 aliphatic rings. The summed E-state index contributed by atoms with van der Waals surface area (Å²) in [5.74, 6) is -0.661. The Labute approximate surface area is 120 Å². The maximum absolute atomic E-state index is 13.7. The number of halogens is 3. The Morgan fingerprint density at radius 1 is 1.44 bits per heavy atom. The largest absolute Gasteiger partial charge is 0.345 e. The topological polar surface area (TPSA) is 29.1 Å². The van der Waals surface area contributed by atoms with E-state index in [1.54, 1.807) is 6.07 Å². The zero-order chi connectivity index (χ0) is 13.8. The molecule has 0 heterocycles. The number of hydrogen-bond donors (Lipinski definition) is 1. The Morgan fingerprint density at radius 2 is 2.06 bits per heavy atom. The molecule has 2 nitrogen and oxygen atoms in total. The second-order valence-electron chi connectivity index (χ2n) is 4.20. The molecule has 0 aliphatic heterocycles. The monoisotopic (exact) mass is 335 g/mol. The number of carbonyl (C=O) groups excluding carboxylic acids is 1. The minimum atomic E-state index is -0.544. The van der Waals surface area contributed by atoms with Crippen LogP contribution in [0, 0.1) is 5.82 Å². The maximum atomic E-state index is 13.7. The van der Waals surface area contributed by atoms with E-state index in [0.29, 0.717) is 23.2 Å². The Kier molecular flexibility index (Phi) is 5.60. The van der Waals surface area contributed by atoms with Gasteiger partial charge in [0.2, 0.25) is 0 Å². The number of hydrogen-bond acceptors (Lipinski definition) is 1. The van der Waals surface area contributed by atoms with Gasteiger partial charge >= 0.3 is 0 Å². The van der Waals surface area contributed by atoms with Gasteiger partial charge in [-0.3, -0.25) is 4.79 Å². The highest BCUT2D eigenvalue weighted by atomic mass is 79.9. The van der Waals surface area contributed by atoms with Crippen molar-refractivity contribution in [3.05, 3.63) is 34.1 Å². The highest BCUT2D eigenvalue weighted by Gasteiger charge is 2.28. The van der Waals surface area contributed by atoms with E-state index in [2.05, 4.69) is 21.2 Å². The van der Waals surface area contributed by atoms with Gasteiger partial charge in [-0.2, -0.15) is 0 Å². The molecule has 0 fully saturated rings. The van der Waals surface area contributed by atoms with Crippen LogP contribution in [0.1, 0.15) is 37.0 Å². The van der Waals surface area contributed by atoms with Gasteiger partial charge in [0.1, 0.15) is 5.82 Å². The van der Waals surface area contributed by atoms with Crippen molar-refractivity contribution >= 4 is 33.4 Å². The lowest BCUT2D eigenvalue weighted by Crippen LogP contribution is -2.49. The Balaban J connectivity index is 2.94. The Bertz CT molecular complexity index is 427. The van der Waals surface area contributed by atoms with Crippen molar-refractivity contribution in [3.63, 3.8) is 0 Å². The highest BCUT2D eigenvalue weighted by molar-refractivity contribution is 9.10. The van der Waals surface area contributed by atoms with E-state index >= 15 is 0 Å². The molecule has 1 aromatic carbocycles. The third-order valence-corrected chi connectivity index (χ3v) is 4.17. The average molecular weight is 337 g/mol. The van der Waals surface area contributed by atoms with Crippen molar-refractivity contribution in [1.82, 2.24) is 5.32 Å². The molecule has 1 rings (SSSR count). The first-order valence-corrected chi connectivity index (χ1v) is 7.14. The molecule has 0 unspecified atom stereocenters. The van der Waals surface area contributed by atoms with E-state index in [1.165, 1.54) is 12.1 Å². The predicted octanol–water partition coefficient (Wildman–Crippen LogP) is 4.12. The molecule has 0 radical (unpaired) electrons. The first-order chi connectivity index (χ1) is 8.48. The summed E-state index contributed by atoms with van der Waals surface area (Å²) in [6, 6.07) is 4.37. The van der Waals surface area contributed by atoms with Crippen LogP contribution in [0.25, 0.3) is 0 Å². The zero-order valence-corrected chi connectivity index (χ0v) is 12.7. The van der Waals surface area contributed by atoms with Crippen LogP contribution >= 0.6 is 27.5 Å². The number of benzene rings is 1. The molecule has 0 atom stereocenters. The smallest absolute Gasteiger partial charge is 0.254 e. The number of carbonyl (C=O) groups is 1. The normalized spacial score (nSPS) is 11.4. The predicted molar refractivity (Wildman–Crippen MR) is 75.6 cm³/mol. The van der Waals surface area contributed by atoms with Gasteiger partial charge < -0.3 is 5.32 Å². The molecule has 1 aromatic rings. The van der Waals surface area contributed by atoms with Crippen LogP contribution in [0.4, 0.5) is 4.39 Å². The van der Waals surface area contributed by atoms with Gasteiger partial charge in [-0.15, -0.1) is 11.6 Å². The van der Waals surface area contributed by atoms with E-state index < -0.39 is 17.3 Å². The summed E-state index contributed by atoms with van der Waals surface area (Å²) >= 11 is 9.06. The molecular weight excluding hydrogens is 321 g/mol. The first-order valence-electron chi connectivity index (χ1n) is 5.81. The molecule has 0 aliphatic carbocycles. The third kappa shape index (κ3) is 3.45. The summed E-state index contributed by atoms with van der Waals surface area (Å²) < 4.78 is 14.3. The van der Waals surface area contributed by atoms with Crippen LogP contribution in [-0.4, -0.2) is 17.3 Å². The first kappa shape index (κ1) is 15.4. The summed E-state index contributed by atoms with van der Waals surface area (Å²) in [6.45, 7) is 3.90.